The van der Waals surface area contributed by atoms with Crippen LogP contribution in [-0.4, -0.2) is 18.5 Å². The van der Waals surface area contributed by atoms with Gasteiger partial charge in [-0.15, -0.1) is 0 Å². The lowest BCUT2D eigenvalue weighted by Crippen LogP contribution is -2.38. The van der Waals surface area contributed by atoms with Gasteiger partial charge in [-0.05, 0) is 31.0 Å². The second-order valence-electron chi connectivity index (χ2n) is 5.81. The van der Waals surface area contributed by atoms with E-state index >= 15 is 0 Å². The molecule has 0 N–H and O–H groups in total. The fourth-order valence-electron chi connectivity index (χ4n) is 3.70. The smallest absolute Gasteiger partial charge is 0.149 e. The number of hydrogen-bond donors (Lipinski definition) is 0. The lowest BCUT2D eigenvalue weighted by molar-refractivity contribution is -0.138. The molecule has 2 atom stereocenters. The molecule has 2 nitrogen and oxygen atoms in total. The minimum Gasteiger partial charge on any atom is -0.343 e. The highest BCUT2D eigenvalue weighted by molar-refractivity contribution is 5.43. The van der Waals surface area contributed by atoms with Crippen LogP contribution < -0.4 is 0 Å². The van der Waals surface area contributed by atoms with Crippen molar-refractivity contribution in [2.75, 3.05) is 13.6 Å². The van der Waals surface area contributed by atoms with E-state index < -0.39 is 0 Å². The summed E-state index contributed by atoms with van der Waals surface area (Å²) in [5, 5.41) is 0. The third-order valence-corrected chi connectivity index (χ3v) is 4.71. The van der Waals surface area contributed by atoms with Crippen molar-refractivity contribution in [2.24, 2.45) is 0 Å². The number of fused-ring (bicyclic) bond motifs is 2. The average Bonchev–Trinajstić information content (AvgIpc) is 3.04. The Morgan fingerprint density at radius 1 is 1.05 bits per heavy atom. The normalized spacial score (nSPS) is 28.9. The molecule has 0 radical (unpaired) electrons. The molecule has 0 aromatic heterocycles. The van der Waals surface area contributed by atoms with Gasteiger partial charge < -0.3 is 4.74 Å². The van der Waals surface area contributed by atoms with Crippen LogP contribution in [-0.2, 0) is 10.5 Å². The Hall–Kier alpha value is -1.64. The average molecular weight is 265 g/mol. The molecule has 2 unspecified atom stereocenters. The summed E-state index contributed by atoms with van der Waals surface area (Å²) in [6, 6.07) is 19.3. The van der Waals surface area contributed by atoms with Gasteiger partial charge in [-0.1, -0.05) is 54.6 Å². The van der Waals surface area contributed by atoms with Crippen molar-refractivity contribution in [1.82, 2.24) is 4.90 Å². The standard InChI is InChI=1S/C18H19NO/c1-19-13-7-12-18(19)16-11-6-5-10-15(16)17(20-18)14-8-3-2-4-9-14/h2-6,8-11,17H,7,12-13H2,1H3. The van der Waals surface area contributed by atoms with Crippen LogP contribution in [0.4, 0.5) is 0 Å². The molecule has 2 heterocycles. The van der Waals surface area contributed by atoms with E-state index in [0.717, 1.165) is 13.0 Å². The van der Waals surface area contributed by atoms with E-state index in [-0.39, 0.29) is 11.8 Å². The van der Waals surface area contributed by atoms with Gasteiger partial charge in [-0.2, -0.15) is 0 Å². The minimum absolute atomic E-state index is 0.0629. The first-order valence-electron chi connectivity index (χ1n) is 7.35. The summed E-state index contributed by atoms with van der Waals surface area (Å²) in [6.07, 6.45) is 2.35. The first-order valence-corrected chi connectivity index (χ1v) is 7.35. The molecule has 2 aliphatic heterocycles. The fraction of sp³-hybridized carbons (Fsp3) is 0.333. The predicted octanol–water partition coefficient (Wildman–Crippen LogP) is 3.68. The number of benzene rings is 2. The Kier molecular flexibility index (Phi) is 2.69. The molecule has 1 spiro atoms. The molecule has 2 aromatic carbocycles. The maximum Gasteiger partial charge on any atom is 0.149 e. The van der Waals surface area contributed by atoms with Gasteiger partial charge in [0.25, 0.3) is 0 Å². The highest BCUT2D eigenvalue weighted by atomic mass is 16.5. The number of hydrogen-bond acceptors (Lipinski definition) is 2. The molecule has 2 heteroatoms. The van der Waals surface area contributed by atoms with Crippen molar-refractivity contribution >= 4 is 0 Å². The summed E-state index contributed by atoms with van der Waals surface area (Å²) in [5.41, 5.74) is 3.72. The molecule has 0 saturated carbocycles. The zero-order valence-corrected chi connectivity index (χ0v) is 11.8. The maximum atomic E-state index is 6.60. The van der Waals surface area contributed by atoms with Gasteiger partial charge in [0.15, 0.2) is 0 Å². The van der Waals surface area contributed by atoms with E-state index in [1.54, 1.807) is 0 Å². The van der Waals surface area contributed by atoms with E-state index in [2.05, 4.69) is 66.5 Å². The molecular formula is C18H19NO. The molecule has 0 bridgehead atoms. The second-order valence-corrected chi connectivity index (χ2v) is 5.81. The van der Waals surface area contributed by atoms with E-state index in [0.29, 0.717) is 0 Å². The highest BCUT2D eigenvalue weighted by Gasteiger charge is 2.50. The number of likely N-dealkylation sites (tertiary alicyclic amines) is 1. The predicted molar refractivity (Wildman–Crippen MR) is 79.4 cm³/mol. The Morgan fingerprint density at radius 3 is 2.55 bits per heavy atom. The molecular weight excluding hydrogens is 246 g/mol. The van der Waals surface area contributed by atoms with Gasteiger partial charge in [-0.3, -0.25) is 4.90 Å². The van der Waals surface area contributed by atoms with Crippen LogP contribution >= 0.6 is 0 Å². The molecule has 1 fully saturated rings. The summed E-state index contributed by atoms with van der Waals surface area (Å²) < 4.78 is 6.60. The van der Waals surface area contributed by atoms with Crippen molar-refractivity contribution in [3.8, 4) is 0 Å². The maximum absolute atomic E-state index is 6.60. The molecule has 0 amide bonds. The van der Waals surface area contributed by atoms with Crippen molar-refractivity contribution in [2.45, 2.75) is 24.7 Å². The van der Waals surface area contributed by atoms with Crippen LogP contribution in [0.1, 0.15) is 35.6 Å². The molecule has 2 aliphatic rings. The van der Waals surface area contributed by atoms with Crippen LogP contribution in [0, 0.1) is 0 Å². The van der Waals surface area contributed by atoms with Crippen LogP contribution in [0.5, 0.6) is 0 Å². The quantitative estimate of drug-likeness (QED) is 0.780. The molecule has 1 saturated heterocycles. The van der Waals surface area contributed by atoms with Crippen molar-refractivity contribution in [3.63, 3.8) is 0 Å². The van der Waals surface area contributed by atoms with Gasteiger partial charge in [0.2, 0.25) is 0 Å². The molecule has 4 rings (SSSR count). The minimum atomic E-state index is -0.211. The Morgan fingerprint density at radius 2 is 1.80 bits per heavy atom. The Labute approximate surface area is 120 Å². The zero-order valence-electron chi connectivity index (χ0n) is 11.8. The molecule has 102 valence electrons. The summed E-state index contributed by atoms with van der Waals surface area (Å²) >= 11 is 0. The van der Waals surface area contributed by atoms with Crippen LogP contribution in [0.15, 0.2) is 54.6 Å². The van der Waals surface area contributed by atoms with Crippen molar-refractivity contribution in [1.29, 1.82) is 0 Å². The summed E-state index contributed by atoms with van der Waals surface area (Å²) in [5.74, 6) is 0. The van der Waals surface area contributed by atoms with Gasteiger partial charge in [-0.25, -0.2) is 0 Å². The summed E-state index contributed by atoms with van der Waals surface area (Å²) in [7, 11) is 2.18. The topological polar surface area (TPSA) is 12.5 Å². The zero-order chi connectivity index (χ0) is 13.6. The third kappa shape index (κ3) is 1.58. The number of ether oxygens (including phenoxy) is 1. The van der Waals surface area contributed by atoms with Crippen molar-refractivity contribution in [3.05, 3.63) is 71.3 Å². The van der Waals surface area contributed by atoms with Gasteiger partial charge in [0, 0.05) is 12.1 Å². The molecule has 2 aromatic rings. The molecule has 0 aliphatic carbocycles. The van der Waals surface area contributed by atoms with Crippen LogP contribution in [0.2, 0.25) is 0 Å². The van der Waals surface area contributed by atoms with E-state index in [1.165, 1.54) is 23.1 Å². The Bertz CT molecular complexity index is 624. The lowest BCUT2D eigenvalue weighted by atomic mass is 9.94. The van der Waals surface area contributed by atoms with Gasteiger partial charge in [0.05, 0.1) is 0 Å². The van der Waals surface area contributed by atoms with Crippen LogP contribution in [0.3, 0.4) is 0 Å². The summed E-state index contributed by atoms with van der Waals surface area (Å²) in [6.45, 7) is 1.11. The molecule has 20 heavy (non-hydrogen) atoms. The van der Waals surface area contributed by atoms with Crippen molar-refractivity contribution < 1.29 is 4.74 Å². The largest absolute Gasteiger partial charge is 0.343 e. The van der Waals surface area contributed by atoms with E-state index in [9.17, 15) is 0 Å². The van der Waals surface area contributed by atoms with E-state index in [4.69, 9.17) is 4.74 Å². The first kappa shape index (κ1) is 12.1. The SMILES string of the molecule is CN1CCCC12OC(c1ccccc1)c1ccccc12. The second kappa shape index (κ2) is 4.44. The Balaban J connectivity index is 1.86. The van der Waals surface area contributed by atoms with E-state index in [1.807, 2.05) is 0 Å². The number of rotatable bonds is 1. The lowest BCUT2D eigenvalue weighted by Gasteiger charge is -2.33. The van der Waals surface area contributed by atoms with Gasteiger partial charge in [0.1, 0.15) is 11.8 Å². The number of nitrogens with zero attached hydrogens (tertiary/aromatic N) is 1. The van der Waals surface area contributed by atoms with Gasteiger partial charge >= 0.3 is 0 Å². The fourth-order valence-corrected chi connectivity index (χ4v) is 3.70. The third-order valence-electron chi connectivity index (χ3n) is 4.71. The highest BCUT2D eigenvalue weighted by Crippen LogP contribution is 2.52. The van der Waals surface area contributed by atoms with Crippen LogP contribution in [0.25, 0.3) is 0 Å². The summed E-state index contributed by atoms with van der Waals surface area (Å²) in [4.78, 5) is 2.37. The first-order chi connectivity index (χ1) is 9.81. The monoisotopic (exact) mass is 265 g/mol.